The first-order valence-electron chi connectivity index (χ1n) is 10.5. The third-order valence-corrected chi connectivity index (χ3v) is 6.65. The average Bonchev–Trinajstić information content (AvgIpc) is 2.73. The van der Waals surface area contributed by atoms with Crippen LogP contribution in [0, 0.1) is 5.41 Å². The van der Waals surface area contributed by atoms with Gasteiger partial charge in [0, 0.05) is 18.8 Å². The predicted octanol–water partition coefficient (Wildman–Crippen LogP) is 5.76. The predicted molar refractivity (Wildman–Crippen MR) is 121 cm³/mol. The Bertz CT molecular complexity index is 1000. The molecule has 2 aromatic carbocycles. The van der Waals surface area contributed by atoms with Crippen molar-refractivity contribution in [2.45, 2.75) is 50.6 Å². The van der Waals surface area contributed by atoms with E-state index in [-0.39, 0.29) is 16.3 Å². The summed E-state index contributed by atoms with van der Waals surface area (Å²) in [6.45, 7) is 4.82. The van der Waals surface area contributed by atoms with Gasteiger partial charge in [-0.25, -0.2) is 8.42 Å². The van der Waals surface area contributed by atoms with Gasteiger partial charge in [-0.3, -0.25) is 5.41 Å². The van der Waals surface area contributed by atoms with Gasteiger partial charge in [0.1, 0.15) is 0 Å². The van der Waals surface area contributed by atoms with Crippen LogP contribution in [0.3, 0.4) is 0 Å². The summed E-state index contributed by atoms with van der Waals surface area (Å²) in [6.07, 6.45) is -1.36. The minimum absolute atomic E-state index is 0.0678. The Hall–Kier alpha value is -2.59. The van der Waals surface area contributed by atoms with Crippen molar-refractivity contribution in [2.24, 2.45) is 0 Å². The van der Waals surface area contributed by atoms with Gasteiger partial charge in [-0.2, -0.15) is 17.5 Å². The molecule has 0 saturated heterocycles. The van der Waals surface area contributed by atoms with Crippen molar-refractivity contribution in [3.05, 3.63) is 54.1 Å². The van der Waals surface area contributed by atoms with Crippen molar-refractivity contribution in [2.75, 3.05) is 23.7 Å². The number of rotatable bonds is 10. The molecule has 32 heavy (non-hydrogen) atoms. The maximum atomic E-state index is 13.2. The van der Waals surface area contributed by atoms with Crippen LogP contribution in [0.2, 0.25) is 0 Å². The fourth-order valence-electron chi connectivity index (χ4n) is 3.05. The van der Waals surface area contributed by atoms with Gasteiger partial charge in [0.15, 0.2) is 5.96 Å². The van der Waals surface area contributed by atoms with Gasteiger partial charge in [-0.15, -0.1) is 0 Å². The van der Waals surface area contributed by atoms with Gasteiger partial charge in [0.2, 0.25) is 10.0 Å². The molecule has 2 rings (SSSR count). The summed E-state index contributed by atoms with van der Waals surface area (Å²) >= 11 is 0. The van der Waals surface area contributed by atoms with Crippen LogP contribution in [0.5, 0.6) is 0 Å². The Balaban J connectivity index is 2.20. The van der Waals surface area contributed by atoms with Crippen molar-refractivity contribution in [1.29, 1.82) is 5.41 Å². The molecule has 6 nitrogen and oxygen atoms in total. The molecule has 0 aromatic heterocycles. The lowest BCUT2D eigenvalue weighted by Crippen LogP contribution is -2.33. The number of hydrogen-bond acceptors (Lipinski definition) is 3. The SMILES string of the molecule is CCCCN(CCCC)S(=O)(=O)c1cccc(NC(=N)Nc2ccccc2C(F)(F)F)c1. The van der Waals surface area contributed by atoms with Gasteiger partial charge >= 0.3 is 6.18 Å². The number of benzene rings is 2. The van der Waals surface area contributed by atoms with Crippen molar-refractivity contribution < 1.29 is 21.6 Å². The number of sulfonamides is 1. The number of guanidine groups is 1. The highest BCUT2D eigenvalue weighted by Crippen LogP contribution is 2.34. The molecule has 0 aliphatic rings. The zero-order valence-corrected chi connectivity index (χ0v) is 19.0. The summed E-state index contributed by atoms with van der Waals surface area (Å²) < 4.78 is 67.2. The van der Waals surface area contributed by atoms with Crippen molar-refractivity contribution in [3.63, 3.8) is 0 Å². The van der Waals surface area contributed by atoms with Crippen LogP contribution in [0.15, 0.2) is 53.4 Å². The fraction of sp³-hybridized carbons (Fsp3) is 0.409. The van der Waals surface area contributed by atoms with E-state index in [2.05, 4.69) is 10.6 Å². The zero-order valence-electron chi connectivity index (χ0n) is 18.2. The first kappa shape index (κ1) is 25.7. The van der Waals surface area contributed by atoms with E-state index in [1.807, 2.05) is 13.8 Å². The number of unbranched alkanes of at least 4 members (excludes halogenated alkanes) is 2. The molecule has 176 valence electrons. The largest absolute Gasteiger partial charge is 0.418 e. The molecule has 0 heterocycles. The van der Waals surface area contributed by atoms with Crippen LogP contribution >= 0.6 is 0 Å². The number of nitrogens with zero attached hydrogens (tertiary/aromatic N) is 1. The zero-order chi connectivity index (χ0) is 23.8. The Morgan fingerprint density at radius 2 is 1.59 bits per heavy atom. The van der Waals surface area contributed by atoms with Gasteiger partial charge in [0.25, 0.3) is 0 Å². The number of hydrogen-bond donors (Lipinski definition) is 3. The Kier molecular flexibility index (Phi) is 9.09. The highest BCUT2D eigenvalue weighted by Gasteiger charge is 2.33. The van der Waals surface area contributed by atoms with E-state index in [9.17, 15) is 21.6 Å². The molecule has 10 heteroatoms. The molecule has 3 N–H and O–H groups in total. The van der Waals surface area contributed by atoms with Gasteiger partial charge in [0.05, 0.1) is 16.1 Å². The molecular weight excluding hydrogens is 441 g/mol. The molecule has 0 unspecified atom stereocenters. The number of anilines is 2. The van der Waals surface area contributed by atoms with Crippen molar-refractivity contribution >= 4 is 27.4 Å². The fourth-order valence-corrected chi connectivity index (χ4v) is 4.62. The molecule has 0 bridgehead atoms. The highest BCUT2D eigenvalue weighted by atomic mass is 32.2. The second-order valence-electron chi connectivity index (χ2n) is 7.31. The third-order valence-electron chi connectivity index (χ3n) is 4.76. The van der Waals surface area contributed by atoms with Crippen molar-refractivity contribution in [1.82, 2.24) is 4.31 Å². The van der Waals surface area contributed by atoms with Crippen LogP contribution < -0.4 is 10.6 Å². The monoisotopic (exact) mass is 470 g/mol. The molecule has 0 saturated carbocycles. The average molecular weight is 471 g/mol. The van der Waals surface area contributed by atoms with E-state index < -0.39 is 27.7 Å². The molecule has 0 atom stereocenters. The second kappa shape index (κ2) is 11.3. The number of halogens is 3. The van der Waals surface area contributed by atoms with Crippen molar-refractivity contribution in [3.8, 4) is 0 Å². The Morgan fingerprint density at radius 3 is 2.19 bits per heavy atom. The lowest BCUT2D eigenvalue weighted by atomic mass is 10.1. The van der Waals surface area contributed by atoms with E-state index in [1.54, 1.807) is 6.07 Å². The van der Waals surface area contributed by atoms with E-state index in [1.165, 1.54) is 40.7 Å². The summed E-state index contributed by atoms with van der Waals surface area (Å²) in [5.74, 6) is -0.412. The summed E-state index contributed by atoms with van der Waals surface area (Å²) in [5, 5.41) is 13.0. The minimum atomic E-state index is -4.57. The van der Waals surface area contributed by atoms with Crippen LogP contribution in [0.25, 0.3) is 0 Å². The minimum Gasteiger partial charge on any atom is -0.326 e. The van der Waals surface area contributed by atoms with E-state index >= 15 is 0 Å². The summed E-state index contributed by atoms with van der Waals surface area (Å²) in [6, 6.07) is 10.8. The summed E-state index contributed by atoms with van der Waals surface area (Å²) in [7, 11) is -3.74. The number of alkyl halides is 3. The third kappa shape index (κ3) is 6.96. The topological polar surface area (TPSA) is 85.3 Å². The van der Waals surface area contributed by atoms with Gasteiger partial charge in [-0.1, -0.05) is 44.9 Å². The van der Waals surface area contributed by atoms with Crippen LogP contribution in [0.1, 0.15) is 45.1 Å². The molecule has 2 aromatic rings. The molecule has 0 amide bonds. The Morgan fingerprint density at radius 1 is 0.969 bits per heavy atom. The van der Waals surface area contributed by atoms with Gasteiger partial charge in [-0.05, 0) is 43.2 Å². The van der Waals surface area contributed by atoms with E-state index in [4.69, 9.17) is 5.41 Å². The summed E-state index contributed by atoms with van der Waals surface area (Å²) in [5.41, 5.74) is -0.893. The molecule has 0 fully saturated rings. The summed E-state index contributed by atoms with van der Waals surface area (Å²) in [4.78, 5) is 0.0678. The van der Waals surface area contributed by atoms with Crippen LogP contribution in [-0.4, -0.2) is 31.8 Å². The molecule has 0 aliphatic heterocycles. The van der Waals surface area contributed by atoms with Crippen LogP contribution in [-0.2, 0) is 16.2 Å². The van der Waals surface area contributed by atoms with E-state index in [0.29, 0.717) is 13.1 Å². The maximum Gasteiger partial charge on any atom is 0.418 e. The van der Waals surface area contributed by atoms with E-state index in [0.717, 1.165) is 31.7 Å². The molecule has 0 radical (unpaired) electrons. The lowest BCUT2D eigenvalue weighted by molar-refractivity contribution is -0.136. The number of para-hydroxylation sites is 1. The Labute approximate surface area is 187 Å². The van der Waals surface area contributed by atoms with Crippen LogP contribution in [0.4, 0.5) is 24.5 Å². The lowest BCUT2D eigenvalue weighted by Gasteiger charge is -2.22. The number of nitrogens with one attached hydrogen (secondary N) is 3. The first-order valence-corrected chi connectivity index (χ1v) is 11.9. The normalized spacial score (nSPS) is 12.1. The highest BCUT2D eigenvalue weighted by molar-refractivity contribution is 7.89. The van der Waals surface area contributed by atoms with Gasteiger partial charge < -0.3 is 10.6 Å². The molecule has 0 aliphatic carbocycles. The second-order valence-corrected chi connectivity index (χ2v) is 9.25. The standard InChI is InChI=1S/C22H29F3N4O2S/c1-3-5-14-29(15-6-4-2)32(30,31)18-11-9-10-17(16-18)27-21(26)28-20-13-8-7-12-19(20)22(23,24)25/h7-13,16H,3-6,14-15H2,1-2H3,(H3,26,27,28). The molecular formula is C22H29F3N4O2S. The smallest absolute Gasteiger partial charge is 0.326 e. The first-order chi connectivity index (χ1) is 15.1. The maximum absolute atomic E-state index is 13.2. The quantitative estimate of drug-likeness (QED) is 0.305. The molecule has 0 spiro atoms.